The lowest BCUT2D eigenvalue weighted by Gasteiger charge is -2.24. The van der Waals surface area contributed by atoms with E-state index in [-0.39, 0.29) is 5.78 Å². The normalized spacial score (nSPS) is 15.2. The molecule has 2 rings (SSSR count). The topological polar surface area (TPSA) is 20.3 Å². The third kappa shape index (κ3) is 3.78. The van der Waals surface area contributed by atoms with Crippen molar-refractivity contribution in [2.45, 2.75) is 19.3 Å². The van der Waals surface area contributed by atoms with Crippen molar-refractivity contribution in [2.24, 2.45) is 0 Å². The fourth-order valence-corrected chi connectivity index (χ4v) is 1.98. The number of hydrogen-bond donors (Lipinski definition) is 0. The summed E-state index contributed by atoms with van der Waals surface area (Å²) in [6, 6.07) is 9.15. The highest BCUT2D eigenvalue weighted by Crippen LogP contribution is 2.08. The van der Waals surface area contributed by atoms with Crippen LogP contribution >= 0.6 is 0 Å². The third-order valence-corrected chi connectivity index (χ3v) is 2.98. The van der Waals surface area contributed by atoms with Crippen molar-refractivity contribution >= 4 is 5.78 Å². The number of carbonyl (C=O) groups is 1. The average molecular weight is 239 g/mol. The van der Waals surface area contributed by atoms with Crippen LogP contribution in [0.1, 0.15) is 29.6 Å². The molecule has 0 aromatic heterocycles. The molecule has 1 aromatic rings. The molecule has 0 radical (unpaired) electrons. The Labute approximate surface area is 108 Å². The van der Waals surface area contributed by atoms with Crippen molar-refractivity contribution in [3.05, 3.63) is 48.2 Å². The SMILES string of the molecule is O=C(C#CC=CN1CCCCC1)c1ccccc1. The summed E-state index contributed by atoms with van der Waals surface area (Å²) in [4.78, 5) is 13.9. The summed E-state index contributed by atoms with van der Waals surface area (Å²) in [7, 11) is 0. The van der Waals surface area contributed by atoms with E-state index >= 15 is 0 Å². The van der Waals surface area contributed by atoms with E-state index in [0.29, 0.717) is 5.56 Å². The number of allylic oxidation sites excluding steroid dienone is 1. The summed E-state index contributed by atoms with van der Waals surface area (Å²) in [5, 5.41) is 0. The second kappa shape index (κ2) is 6.66. The summed E-state index contributed by atoms with van der Waals surface area (Å²) in [5.74, 6) is 5.32. The van der Waals surface area contributed by atoms with E-state index in [9.17, 15) is 4.79 Å². The van der Waals surface area contributed by atoms with Gasteiger partial charge in [0, 0.05) is 30.9 Å². The maximum Gasteiger partial charge on any atom is 0.236 e. The van der Waals surface area contributed by atoms with Crippen LogP contribution in [-0.4, -0.2) is 23.8 Å². The minimum absolute atomic E-state index is 0.126. The van der Waals surface area contributed by atoms with Gasteiger partial charge in [-0.1, -0.05) is 36.3 Å². The Bertz CT molecular complexity index is 473. The second-order valence-corrected chi connectivity index (χ2v) is 4.38. The van der Waals surface area contributed by atoms with Gasteiger partial charge < -0.3 is 4.90 Å². The Morgan fingerprint density at radius 2 is 1.83 bits per heavy atom. The van der Waals surface area contributed by atoms with E-state index in [1.54, 1.807) is 18.2 Å². The van der Waals surface area contributed by atoms with Gasteiger partial charge >= 0.3 is 0 Å². The van der Waals surface area contributed by atoms with Gasteiger partial charge in [0.1, 0.15) is 0 Å². The van der Waals surface area contributed by atoms with E-state index in [4.69, 9.17) is 0 Å². The molecule has 1 aromatic carbocycles. The highest BCUT2D eigenvalue weighted by atomic mass is 16.1. The molecule has 0 spiro atoms. The van der Waals surface area contributed by atoms with Crippen LogP contribution in [0.2, 0.25) is 0 Å². The van der Waals surface area contributed by atoms with Crippen LogP contribution < -0.4 is 0 Å². The van der Waals surface area contributed by atoms with Gasteiger partial charge in [0.2, 0.25) is 5.78 Å². The number of carbonyl (C=O) groups excluding carboxylic acids is 1. The fourth-order valence-electron chi connectivity index (χ4n) is 1.98. The first-order valence-electron chi connectivity index (χ1n) is 6.38. The number of piperidine rings is 1. The number of likely N-dealkylation sites (tertiary alicyclic amines) is 1. The van der Waals surface area contributed by atoms with Crippen LogP contribution in [0.4, 0.5) is 0 Å². The van der Waals surface area contributed by atoms with Gasteiger partial charge in [-0.05, 0) is 25.2 Å². The van der Waals surface area contributed by atoms with E-state index < -0.39 is 0 Å². The van der Waals surface area contributed by atoms with Gasteiger partial charge in [-0.15, -0.1) is 0 Å². The first-order chi connectivity index (χ1) is 8.86. The Morgan fingerprint density at radius 3 is 2.56 bits per heavy atom. The van der Waals surface area contributed by atoms with Crippen LogP contribution in [0, 0.1) is 11.8 Å². The Hall–Kier alpha value is -2.01. The maximum absolute atomic E-state index is 11.7. The molecule has 1 fully saturated rings. The van der Waals surface area contributed by atoms with Gasteiger partial charge in [0.05, 0.1) is 0 Å². The molecule has 18 heavy (non-hydrogen) atoms. The molecule has 1 aliphatic heterocycles. The number of nitrogens with zero attached hydrogens (tertiary/aromatic N) is 1. The maximum atomic E-state index is 11.7. The summed E-state index contributed by atoms with van der Waals surface area (Å²) >= 11 is 0. The predicted molar refractivity (Wildman–Crippen MR) is 73.1 cm³/mol. The minimum Gasteiger partial charge on any atom is -0.377 e. The molecule has 1 aliphatic rings. The van der Waals surface area contributed by atoms with Crippen LogP contribution in [-0.2, 0) is 0 Å². The van der Waals surface area contributed by atoms with Crippen molar-refractivity contribution in [1.82, 2.24) is 4.90 Å². The number of Topliss-reactive ketones (excluding diaryl/α,β-unsaturated/α-hetero) is 1. The zero-order chi connectivity index (χ0) is 12.6. The molecule has 2 heteroatoms. The van der Waals surface area contributed by atoms with Crippen LogP contribution in [0.3, 0.4) is 0 Å². The first kappa shape index (κ1) is 12.4. The second-order valence-electron chi connectivity index (χ2n) is 4.38. The summed E-state index contributed by atoms with van der Waals surface area (Å²) in [6.45, 7) is 2.20. The average Bonchev–Trinajstić information content (AvgIpc) is 2.45. The molecule has 92 valence electrons. The highest BCUT2D eigenvalue weighted by molar-refractivity contribution is 6.09. The molecular weight excluding hydrogens is 222 g/mol. The summed E-state index contributed by atoms with van der Waals surface area (Å²) in [5.41, 5.74) is 0.649. The molecule has 1 heterocycles. The molecule has 1 saturated heterocycles. The fraction of sp³-hybridized carbons (Fsp3) is 0.312. The van der Waals surface area contributed by atoms with Gasteiger partial charge in [0.15, 0.2) is 0 Å². The van der Waals surface area contributed by atoms with Gasteiger partial charge in [0.25, 0.3) is 0 Å². The molecule has 2 nitrogen and oxygen atoms in total. The quantitative estimate of drug-likeness (QED) is 0.449. The molecular formula is C16H17NO. The molecule has 0 unspecified atom stereocenters. The van der Waals surface area contributed by atoms with Crippen LogP contribution in [0.5, 0.6) is 0 Å². The van der Waals surface area contributed by atoms with E-state index in [1.807, 2.05) is 24.4 Å². The summed E-state index contributed by atoms with van der Waals surface area (Å²) in [6.07, 6.45) is 7.58. The third-order valence-electron chi connectivity index (χ3n) is 2.98. The van der Waals surface area contributed by atoms with Crippen LogP contribution in [0.25, 0.3) is 0 Å². The lowest BCUT2D eigenvalue weighted by molar-refractivity contribution is 0.105. The molecule has 0 atom stereocenters. The van der Waals surface area contributed by atoms with Crippen molar-refractivity contribution in [3.63, 3.8) is 0 Å². The molecule has 0 aliphatic carbocycles. The van der Waals surface area contributed by atoms with Gasteiger partial charge in [-0.3, -0.25) is 4.79 Å². The summed E-state index contributed by atoms with van der Waals surface area (Å²) < 4.78 is 0. The van der Waals surface area contributed by atoms with Crippen molar-refractivity contribution < 1.29 is 4.79 Å². The highest BCUT2D eigenvalue weighted by Gasteiger charge is 2.04. The predicted octanol–water partition coefficient (Wildman–Crippen LogP) is 2.87. The zero-order valence-electron chi connectivity index (χ0n) is 10.4. The molecule has 0 saturated carbocycles. The monoisotopic (exact) mass is 239 g/mol. The van der Waals surface area contributed by atoms with E-state index in [1.165, 1.54) is 19.3 Å². The largest absolute Gasteiger partial charge is 0.377 e. The lowest BCUT2D eigenvalue weighted by atomic mass is 10.1. The zero-order valence-corrected chi connectivity index (χ0v) is 10.4. The van der Waals surface area contributed by atoms with E-state index in [0.717, 1.165) is 13.1 Å². The number of rotatable bonds is 2. The Morgan fingerprint density at radius 1 is 1.11 bits per heavy atom. The minimum atomic E-state index is -0.126. The number of hydrogen-bond acceptors (Lipinski definition) is 2. The Kier molecular flexibility index (Phi) is 4.60. The first-order valence-corrected chi connectivity index (χ1v) is 6.38. The molecule has 0 N–H and O–H groups in total. The van der Waals surface area contributed by atoms with E-state index in [2.05, 4.69) is 16.7 Å². The lowest BCUT2D eigenvalue weighted by Crippen LogP contribution is -2.23. The Balaban J connectivity index is 1.88. The van der Waals surface area contributed by atoms with Crippen molar-refractivity contribution in [3.8, 4) is 11.8 Å². The smallest absolute Gasteiger partial charge is 0.236 e. The molecule has 0 amide bonds. The molecule has 0 bridgehead atoms. The van der Waals surface area contributed by atoms with Gasteiger partial charge in [-0.2, -0.15) is 0 Å². The van der Waals surface area contributed by atoms with Crippen molar-refractivity contribution in [1.29, 1.82) is 0 Å². The standard InChI is InChI=1S/C16H17NO/c18-16(15-9-3-1-4-10-15)11-5-8-14-17-12-6-2-7-13-17/h1,3-4,8-10,14H,2,6-7,12-13H2. The number of ketones is 1. The van der Waals surface area contributed by atoms with Gasteiger partial charge in [-0.25, -0.2) is 0 Å². The number of benzene rings is 1. The van der Waals surface area contributed by atoms with Crippen molar-refractivity contribution in [2.75, 3.05) is 13.1 Å². The van der Waals surface area contributed by atoms with Crippen LogP contribution in [0.15, 0.2) is 42.6 Å².